The number of anilines is 1. The van der Waals surface area contributed by atoms with E-state index in [2.05, 4.69) is 0 Å². The molecule has 0 bridgehead atoms. The van der Waals surface area contributed by atoms with Crippen LogP contribution in [-0.2, 0) is 14.6 Å². The van der Waals surface area contributed by atoms with E-state index in [1.165, 1.54) is 47.4 Å². The van der Waals surface area contributed by atoms with Gasteiger partial charge in [-0.05, 0) is 42.5 Å². The summed E-state index contributed by atoms with van der Waals surface area (Å²) in [7, 11) is -3.40. The third-order valence-electron chi connectivity index (χ3n) is 3.86. The number of sulfone groups is 1. The molecule has 2 aromatic rings. The van der Waals surface area contributed by atoms with Crippen LogP contribution in [0, 0.1) is 5.82 Å². The predicted molar refractivity (Wildman–Crippen MR) is 103 cm³/mol. The number of benzene rings is 2. The van der Waals surface area contributed by atoms with Crippen LogP contribution in [0.2, 0.25) is 10.0 Å². The Morgan fingerprint density at radius 2 is 1.89 bits per heavy atom. The third kappa shape index (κ3) is 4.80. The van der Waals surface area contributed by atoms with Gasteiger partial charge in [0.25, 0.3) is 5.91 Å². The maximum Gasteiger partial charge on any atom is 0.265 e. The van der Waals surface area contributed by atoms with Crippen molar-refractivity contribution in [2.45, 2.75) is 6.04 Å². The Kier molecular flexibility index (Phi) is 5.74. The molecule has 3 rings (SSSR count). The molecule has 1 aliphatic heterocycles. The number of hydrogen-bond acceptors (Lipinski definition) is 4. The van der Waals surface area contributed by atoms with Crippen molar-refractivity contribution in [3.63, 3.8) is 0 Å². The van der Waals surface area contributed by atoms with Crippen LogP contribution in [0.1, 0.15) is 0 Å². The molecule has 1 unspecified atom stereocenters. The first-order valence-electron chi connectivity index (χ1n) is 7.81. The van der Waals surface area contributed by atoms with E-state index in [0.717, 1.165) is 5.41 Å². The number of nitrogens with zero attached hydrogens (tertiary/aromatic N) is 1. The Morgan fingerprint density at radius 1 is 1.19 bits per heavy atom. The molecule has 1 aliphatic rings. The maximum absolute atomic E-state index is 13.2. The molecule has 5 nitrogen and oxygen atoms in total. The highest BCUT2D eigenvalue weighted by atomic mass is 35.5. The third-order valence-corrected chi connectivity index (χ3v) is 5.79. The summed E-state index contributed by atoms with van der Waals surface area (Å²) in [6, 6.07) is 9.06. The topological polar surface area (TPSA) is 63.7 Å². The Labute approximate surface area is 165 Å². The van der Waals surface area contributed by atoms with Crippen LogP contribution in [0.4, 0.5) is 10.1 Å². The minimum absolute atomic E-state index is 0.228. The Morgan fingerprint density at radius 3 is 2.52 bits per heavy atom. The van der Waals surface area contributed by atoms with Crippen LogP contribution in [0.15, 0.2) is 53.9 Å². The van der Waals surface area contributed by atoms with Gasteiger partial charge in [0.05, 0.1) is 16.8 Å². The lowest BCUT2D eigenvalue weighted by Crippen LogP contribution is -2.43. The van der Waals surface area contributed by atoms with Crippen molar-refractivity contribution in [1.29, 1.82) is 0 Å². The van der Waals surface area contributed by atoms with Gasteiger partial charge in [0, 0.05) is 22.2 Å². The minimum Gasteiger partial charge on any atom is -0.482 e. The van der Waals surface area contributed by atoms with Crippen LogP contribution in [-0.4, -0.2) is 32.7 Å². The summed E-state index contributed by atoms with van der Waals surface area (Å²) in [5.41, 5.74) is 0.356. The van der Waals surface area contributed by atoms with Crippen LogP contribution in [0.25, 0.3) is 0 Å². The molecule has 1 atom stereocenters. The summed E-state index contributed by atoms with van der Waals surface area (Å²) in [6.45, 7) is -0.401. The number of carbonyl (C=O) groups excluding carboxylic acids is 1. The fraction of sp³-hybridized carbons (Fsp3) is 0.167. The van der Waals surface area contributed by atoms with Gasteiger partial charge in [-0.25, -0.2) is 12.8 Å². The van der Waals surface area contributed by atoms with Gasteiger partial charge >= 0.3 is 0 Å². The van der Waals surface area contributed by atoms with Crippen LogP contribution < -0.4 is 9.64 Å². The molecular weight excluding hydrogens is 416 g/mol. The van der Waals surface area contributed by atoms with Crippen molar-refractivity contribution in [2.24, 2.45) is 0 Å². The summed E-state index contributed by atoms with van der Waals surface area (Å²) in [5, 5.41) is 1.74. The zero-order chi connectivity index (χ0) is 19.6. The molecule has 0 N–H and O–H groups in total. The van der Waals surface area contributed by atoms with Gasteiger partial charge in [-0.3, -0.25) is 4.79 Å². The standard InChI is InChI=1S/C18H14Cl2FNO4S/c19-12-1-6-16(20)17(9-12)26-10-18(23)22(14-4-2-13(21)3-5-14)15-7-8-27(24,25)11-15/h1-9,15H,10-11H2. The van der Waals surface area contributed by atoms with E-state index in [-0.39, 0.29) is 16.5 Å². The van der Waals surface area contributed by atoms with Gasteiger partial charge in [0.1, 0.15) is 11.6 Å². The van der Waals surface area contributed by atoms with Crippen molar-refractivity contribution >= 4 is 44.6 Å². The van der Waals surface area contributed by atoms with E-state index in [9.17, 15) is 17.6 Å². The molecule has 1 amide bonds. The van der Waals surface area contributed by atoms with E-state index in [1.54, 1.807) is 6.07 Å². The monoisotopic (exact) mass is 429 g/mol. The fourth-order valence-electron chi connectivity index (χ4n) is 2.64. The zero-order valence-electron chi connectivity index (χ0n) is 13.8. The SMILES string of the molecule is O=C(COc1cc(Cl)ccc1Cl)N(c1ccc(F)cc1)C1C=CS(=O)(=O)C1. The average Bonchev–Trinajstić information content (AvgIpc) is 2.97. The van der Waals surface area contributed by atoms with E-state index in [1.807, 2.05) is 0 Å². The molecule has 0 aliphatic carbocycles. The Bertz CT molecular complexity index is 993. The first-order chi connectivity index (χ1) is 12.7. The number of halogens is 3. The Balaban J connectivity index is 1.83. The Hall–Kier alpha value is -2.09. The van der Waals surface area contributed by atoms with Gasteiger partial charge in [0.2, 0.25) is 0 Å². The van der Waals surface area contributed by atoms with Crippen molar-refractivity contribution in [1.82, 2.24) is 0 Å². The molecule has 2 aromatic carbocycles. The summed E-state index contributed by atoms with van der Waals surface area (Å²) >= 11 is 11.9. The van der Waals surface area contributed by atoms with Crippen molar-refractivity contribution in [2.75, 3.05) is 17.3 Å². The number of carbonyl (C=O) groups is 1. The summed E-state index contributed by atoms with van der Waals surface area (Å²) in [5.74, 6) is -1.01. The molecule has 0 aromatic heterocycles. The number of amides is 1. The lowest BCUT2D eigenvalue weighted by atomic mass is 10.2. The average molecular weight is 430 g/mol. The molecule has 0 saturated carbocycles. The molecule has 1 heterocycles. The van der Waals surface area contributed by atoms with E-state index in [4.69, 9.17) is 27.9 Å². The molecule has 142 valence electrons. The first-order valence-corrected chi connectivity index (χ1v) is 10.3. The van der Waals surface area contributed by atoms with Gasteiger partial charge in [0.15, 0.2) is 16.4 Å². The second-order valence-electron chi connectivity index (χ2n) is 5.83. The molecule has 0 saturated heterocycles. The molecule has 9 heteroatoms. The normalized spacial score (nSPS) is 17.7. The number of rotatable bonds is 5. The largest absolute Gasteiger partial charge is 0.482 e. The van der Waals surface area contributed by atoms with Gasteiger partial charge < -0.3 is 9.64 Å². The van der Waals surface area contributed by atoms with E-state index >= 15 is 0 Å². The van der Waals surface area contributed by atoms with Crippen molar-refractivity contribution < 1.29 is 22.3 Å². The van der Waals surface area contributed by atoms with Gasteiger partial charge in [-0.1, -0.05) is 23.2 Å². The highest BCUT2D eigenvalue weighted by Crippen LogP contribution is 2.28. The molecule has 27 heavy (non-hydrogen) atoms. The van der Waals surface area contributed by atoms with Crippen LogP contribution in [0.3, 0.4) is 0 Å². The van der Waals surface area contributed by atoms with E-state index < -0.39 is 34.2 Å². The van der Waals surface area contributed by atoms with Crippen LogP contribution >= 0.6 is 23.2 Å². The maximum atomic E-state index is 13.2. The molecule has 0 spiro atoms. The molecular formula is C18H14Cl2FNO4S. The highest BCUT2D eigenvalue weighted by molar-refractivity contribution is 7.94. The minimum atomic E-state index is -3.40. The second kappa shape index (κ2) is 7.88. The molecule has 0 fully saturated rings. The number of ether oxygens (including phenoxy) is 1. The predicted octanol–water partition coefficient (Wildman–Crippen LogP) is 3.86. The lowest BCUT2D eigenvalue weighted by molar-refractivity contribution is -0.120. The summed E-state index contributed by atoms with van der Waals surface area (Å²) in [4.78, 5) is 14.1. The van der Waals surface area contributed by atoms with Gasteiger partial charge in [-0.2, -0.15) is 0 Å². The summed E-state index contributed by atoms with van der Waals surface area (Å²) in [6.07, 6.45) is 1.42. The fourth-order valence-corrected chi connectivity index (χ4v) is 4.24. The quantitative estimate of drug-likeness (QED) is 0.723. The van der Waals surface area contributed by atoms with Crippen LogP contribution in [0.5, 0.6) is 5.75 Å². The first kappa shape index (κ1) is 19.7. The highest BCUT2D eigenvalue weighted by Gasteiger charge is 2.31. The second-order valence-corrected chi connectivity index (χ2v) is 8.60. The van der Waals surface area contributed by atoms with E-state index in [0.29, 0.717) is 10.7 Å². The molecule has 0 radical (unpaired) electrons. The smallest absolute Gasteiger partial charge is 0.265 e. The number of hydrogen-bond donors (Lipinski definition) is 0. The summed E-state index contributed by atoms with van der Waals surface area (Å²) < 4.78 is 42.2. The zero-order valence-corrected chi connectivity index (χ0v) is 16.1. The van der Waals surface area contributed by atoms with Gasteiger partial charge in [-0.15, -0.1) is 0 Å². The van der Waals surface area contributed by atoms with Crippen molar-refractivity contribution in [3.05, 3.63) is 69.8 Å². The lowest BCUT2D eigenvalue weighted by Gasteiger charge is -2.27. The van der Waals surface area contributed by atoms with Crippen molar-refractivity contribution in [3.8, 4) is 5.75 Å².